The molecule has 0 unspecified atom stereocenters. The van der Waals surface area contributed by atoms with E-state index in [1.54, 1.807) is 13.2 Å². The molecule has 0 fully saturated rings. The van der Waals surface area contributed by atoms with E-state index in [1.807, 2.05) is 24.3 Å². The zero-order valence-electron chi connectivity index (χ0n) is 14.0. The molecule has 0 heterocycles. The first kappa shape index (κ1) is 18.3. The lowest BCUT2D eigenvalue weighted by molar-refractivity contribution is -0.138. The molecule has 1 atom stereocenters. The van der Waals surface area contributed by atoms with Crippen LogP contribution in [0.15, 0.2) is 30.3 Å². The van der Waals surface area contributed by atoms with Gasteiger partial charge in [0.05, 0.1) is 13.7 Å². The number of carbonyl (C=O) groups excluding carboxylic acids is 1. The lowest BCUT2D eigenvalue weighted by Gasteiger charge is -2.10. The van der Waals surface area contributed by atoms with Crippen molar-refractivity contribution in [1.29, 1.82) is 0 Å². The van der Waals surface area contributed by atoms with Crippen LogP contribution in [0, 0.1) is 5.92 Å². The monoisotopic (exact) mass is 304 g/mol. The van der Waals surface area contributed by atoms with Crippen LogP contribution >= 0.6 is 0 Å². The minimum absolute atomic E-state index is 0.281. The van der Waals surface area contributed by atoms with Gasteiger partial charge in [0.2, 0.25) is 0 Å². The van der Waals surface area contributed by atoms with Crippen LogP contribution in [0.25, 0.3) is 6.08 Å². The lowest BCUT2D eigenvalue weighted by Crippen LogP contribution is -2.10. The first-order chi connectivity index (χ1) is 10.7. The van der Waals surface area contributed by atoms with Gasteiger partial charge in [0.15, 0.2) is 0 Å². The highest BCUT2D eigenvalue weighted by Crippen LogP contribution is 2.13. The Morgan fingerprint density at radius 3 is 2.55 bits per heavy atom. The Kier molecular flexibility index (Phi) is 9.04. The minimum Gasteiger partial charge on any atom is -0.497 e. The second kappa shape index (κ2) is 10.9. The van der Waals surface area contributed by atoms with Gasteiger partial charge in [-0.05, 0) is 36.1 Å². The van der Waals surface area contributed by atoms with Gasteiger partial charge in [0.1, 0.15) is 5.75 Å². The largest absolute Gasteiger partial charge is 0.497 e. The highest BCUT2D eigenvalue weighted by atomic mass is 16.5. The summed E-state index contributed by atoms with van der Waals surface area (Å²) >= 11 is 0. The summed E-state index contributed by atoms with van der Waals surface area (Å²) in [6.07, 6.45) is 9.38. The Hall–Kier alpha value is -1.77. The molecule has 0 saturated heterocycles. The van der Waals surface area contributed by atoms with Crippen LogP contribution in [-0.4, -0.2) is 19.7 Å². The molecule has 0 bridgehead atoms. The Bertz CT molecular complexity index is 448. The van der Waals surface area contributed by atoms with Crippen LogP contribution in [0.3, 0.4) is 0 Å². The van der Waals surface area contributed by atoms with E-state index in [4.69, 9.17) is 9.47 Å². The fourth-order valence-electron chi connectivity index (χ4n) is 2.15. The number of rotatable bonds is 10. The molecule has 0 aliphatic heterocycles. The summed E-state index contributed by atoms with van der Waals surface area (Å²) in [7, 11) is 1.63. The zero-order valence-corrected chi connectivity index (χ0v) is 14.0. The maximum atomic E-state index is 11.7. The molecule has 0 radical (unpaired) electrons. The van der Waals surface area contributed by atoms with Crippen molar-refractivity contribution in [2.45, 2.75) is 46.0 Å². The number of methoxy groups -OCH3 is 1. The topological polar surface area (TPSA) is 35.5 Å². The highest BCUT2D eigenvalue weighted by Gasteiger charge is 2.05. The van der Waals surface area contributed by atoms with Crippen molar-refractivity contribution < 1.29 is 14.3 Å². The van der Waals surface area contributed by atoms with Gasteiger partial charge >= 0.3 is 5.97 Å². The van der Waals surface area contributed by atoms with Crippen LogP contribution in [-0.2, 0) is 9.53 Å². The third-order valence-corrected chi connectivity index (χ3v) is 3.59. The Balaban J connectivity index is 2.25. The van der Waals surface area contributed by atoms with Crippen molar-refractivity contribution in [3.05, 3.63) is 35.9 Å². The summed E-state index contributed by atoms with van der Waals surface area (Å²) in [6, 6.07) is 7.53. The second-order valence-corrected chi connectivity index (χ2v) is 5.69. The van der Waals surface area contributed by atoms with E-state index in [2.05, 4.69) is 13.8 Å². The molecule has 0 saturated carbocycles. The summed E-state index contributed by atoms with van der Waals surface area (Å²) in [5.74, 6) is 0.947. The van der Waals surface area contributed by atoms with Crippen molar-refractivity contribution in [2.24, 2.45) is 5.92 Å². The van der Waals surface area contributed by atoms with Crippen LogP contribution in [0.5, 0.6) is 5.75 Å². The van der Waals surface area contributed by atoms with E-state index in [9.17, 15) is 4.79 Å². The SMILES string of the molecule is CCCCCC[C@H](C)COC(=O)/C=C/c1ccc(OC)cc1. The van der Waals surface area contributed by atoms with Crippen molar-refractivity contribution in [3.8, 4) is 5.75 Å². The van der Waals surface area contributed by atoms with Crippen molar-refractivity contribution in [1.82, 2.24) is 0 Å². The molecule has 1 aromatic rings. The molecular weight excluding hydrogens is 276 g/mol. The third-order valence-electron chi connectivity index (χ3n) is 3.59. The van der Waals surface area contributed by atoms with E-state index < -0.39 is 0 Å². The quantitative estimate of drug-likeness (QED) is 0.352. The van der Waals surface area contributed by atoms with Gasteiger partial charge in [-0.2, -0.15) is 0 Å². The summed E-state index contributed by atoms with van der Waals surface area (Å²) in [4.78, 5) is 11.7. The molecule has 0 spiro atoms. The minimum atomic E-state index is -0.281. The van der Waals surface area contributed by atoms with Crippen LogP contribution in [0.4, 0.5) is 0 Å². The fourth-order valence-corrected chi connectivity index (χ4v) is 2.15. The Morgan fingerprint density at radius 1 is 1.18 bits per heavy atom. The molecule has 0 N–H and O–H groups in total. The molecule has 1 rings (SSSR count). The number of benzene rings is 1. The van der Waals surface area contributed by atoms with E-state index in [-0.39, 0.29) is 5.97 Å². The molecule has 22 heavy (non-hydrogen) atoms. The molecule has 0 aromatic heterocycles. The lowest BCUT2D eigenvalue weighted by atomic mass is 10.0. The number of ether oxygens (including phenoxy) is 2. The number of hydrogen-bond acceptors (Lipinski definition) is 3. The fraction of sp³-hybridized carbons (Fsp3) is 0.526. The first-order valence-corrected chi connectivity index (χ1v) is 8.14. The predicted octanol–water partition coefficient (Wildman–Crippen LogP) is 4.86. The second-order valence-electron chi connectivity index (χ2n) is 5.69. The molecule has 0 aliphatic carbocycles. The van der Waals surface area contributed by atoms with Crippen molar-refractivity contribution in [2.75, 3.05) is 13.7 Å². The average molecular weight is 304 g/mol. The molecule has 3 heteroatoms. The first-order valence-electron chi connectivity index (χ1n) is 8.14. The number of carbonyl (C=O) groups is 1. The van der Waals surface area contributed by atoms with Gasteiger partial charge in [0.25, 0.3) is 0 Å². The van der Waals surface area contributed by atoms with E-state index in [0.29, 0.717) is 12.5 Å². The summed E-state index contributed by atoms with van der Waals surface area (Å²) < 4.78 is 10.4. The number of unbranched alkanes of at least 4 members (excludes halogenated alkanes) is 3. The van der Waals surface area contributed by atoms with E-state index in [1.165, 1.54) is 31.8 Å². The summed E-state index contributed by atoms with van der Waals surface area (Å²) in [5.41, 5.74) is 0.949. The highest BCUT2D eigenvalue weighted by molar-refractivity contribution is 5.87. The summed E-state index contributed by atoms with van der Waals surface area (Å²) in [6.45, 7) is 4.84. The number of esters is 1. The number of hydrogen-bond donors (Lipinski definition) is 0. The van der Waals surface area contributed by atoms with Crippen molar-refractivity contribution >= 4 is 12.0 Å². The predicted molar refractivity (Wildman–Crippen MR) is 90.9 cm³/mol. The van der Waals surface area contributed by atoms with Gasteiger partial charge in [-0.15, -0.1) is 0 Å². The van der Waals surface area contributed by atoms with E-state index in [0.717, 1.165) is 17.7 Å². The van der Waals surface area contributed by atoms with Gasteiger partial charge < -0.3 is 9.47 Å². The summed E-state index contributed by atoms with van der Waals surface area (Å²) in [5, 5.41) is 0. The smallest absolute Gasteiger partial charge is 0.330 e. The maximum absolute atomic E-state index is 11.7. The average Bonchev–Trinajstić information content (AvgIpc) is 2.55. The molecule has 1 aromatic carbocycles. The standard InChI is InChI=1S/C19H28O3/c1-4-5-6-7-8-16(2)15-22-19(20)14-11-17-9-12-18(21-3)13-10-17/h9-14,16H,4-8,15H2,1-3H3/b14-11+/t16-/m0/s1. The van der Waals surface area contributed by atoms with Gasteiger partial charge in [-0.25, -0.2) is 4.79 Å². The molecule has 0 amide bonds. The van der Waals surface area contributed by atoms with E-state index >= 15 is 0 Å². The molecular formula is C19H28O3. The normalized spacial score (nSPS) is 12.3. The molecule has 3 nitrogen and oxygen atoms in total. The molecule has 0 aliphatic rings. The van der Waals surface area contributed by atoms with Crippen LogP contribution in [0.1, 0.15) is 51.5 Å². The van der Waals surface area contributed by atoms with Gasteiger partial charge in [0, 0.05) is 6.08 Å². The zero-order chi connectivity index (χ0) is 16.2. The van der Waals surface area contributed by atoms with Crippen LogP contribution in [0.2, 0.25) is 0 Å². The maximum Gasteiger partial charge on any atom is 0.330 e. The van der Waals surface area contributed by atoms with Crippen molar-refractivity contribution in [3.63, 3.8) is 0 Å². The Morgan fingerprint density at radius 2 is 1.91 bits per heavy atom. The van der Waals surface area contributed by atoms with Gasteiger partial charge in [-0.1, -0.05) is 51.7 Å². The van der Waals surface area contributed by atoms with Crippen LogP contribution < -0.4 is 4.74 Å². The molecule has 122 valence electrons. The third kappa shape index (κ3) is 7.87. The Labute approximate surface area is 134 Å². The van der Waals surface area contributed by atoms with Gasteiger partial charge in [-0.3, -0.25) is 0 Å².